The lowest BCUT2D eigenvalue weighted by Crippen LogP contribution is -2.23. The molecule has 0 saturated heterocycles. The molecule has 1 aliphatic carbocycles. The Balaban J connectivity index is 2.03. The average Bonchev–Trinajstić information content (AvgIpc) is 2.87. The molecule has 2 aromatic heterocycles. The van der Waals surface area contributed by atoms with Crippen LogP contribution in [-0.4, -0.2) is 15.2 Å². The largest absolute Gasteiger partial charge is 0.382 e. The molecule has 2 heterocycles. The standard InChI is InChI=1S/C18H19FN4/c1-18(2)7-6-12-13(9-18)14-16(20)22-23-17(14)21-15(12)10-4-3-5-11(19)8-10/h3-5,8H,6-7,9H2,1-2H3,(H3,20,21,22,23). The molecule has 0 bridgehead atoms. The predicted octanol–water partition coefficient (Wildman–Crippen LogP) is 3.86. The van der Waals surface area contributed by atoms with Gasteiger partial charge in [0.2, 0.25) is 0 Å². The first-order chi connectivity index (χ1) is 10.9. The Hall–Kier alpha value is -2.43. The van der Waals surface area contributed by atoms with Gasteiger partial charge in [0.05, 0.1) is 11.1 Å². The minimum Gasteiger partial charge on any atom is -0.382 e. The van der Waals surface area contributed by atoms with Gasteiger partial charge in [0.15, 0.2) is 11.5 Å². The highest BCUT2D eigenvalue weighted by Gasteiger charge is 2.30. The van der Waals surface area contributed by atoms with E-state index in [1.807, 2.05) is 6.07 Å². The molecule has 0 aliphatic heterocycles. The number of hydrogen-bond donors (Lipinski definition) is 2. The molecule has 0 atom stereocenters. The van der Waals surface area contributed by atoms with Crippen molar-refractivity contribution < 1.29 is 4.39 Å². The predicted molar refractivity (Wildman–Crippen MR) is 89.5 cm³/mol. The number of aromatic nitrogens is 3. The minimum absolute atomic E-state index is 0.213. The zero-order valence-corrected chi connectivity index (χ0v) is 13.3. The summed E-state index contributed by atoms with van der Waals surface area (Å²) < 4.78 is 13.7. The third kappa shape index (κ3) is 2.27. The molecule has 0 fully saturated rings. The first-order valence-corrected chi connectivity index (χ1v) is 7.86. The van der Waals surface area contributed by atoms with Gasteiger partial charge in [0.1, 0.15) is 5.82 Å². The van der Waals surface area contributed by atoms with E-state index in [2.05, 4.69) is 24.0 Å². The van der Waals surface area contributed by atoms with Crippen molar-refractivity contribution in [2.24, 2.45) is 5.41 Å². The zero-order valence-electron chi connectivity index (χ0n) is 13.3. The van der Waals surface area contributed by atoms with Gasteiger partial charge in [-0.2, -0.15) is 5.10 Å². The van der Waals surface area contributed by atoms with Crippen LogP contribution in [0.5, 0.6) is 0 Å². The molecule has 0 unspecified atom stereocenters. The fraction of sp³-hybridized carbons (Fsp3) is 0.333. The molecule has 1 aromatic carbocycles. The first-order valence-electron chi connectivity index (χ1n) is 7.86. The number of nitrogen functional groups attached to an aromatic ring is 1. The number of nitrogens with two attached hydrogens (primary N) is 1. The van der Waals surface area contributed by atoms with Crippen molar-refractivity contribution >= 4 is 16.9 Å². The Morgan fingerprint density at radius 1 is 1.26 bits per heavy atom. The van der Waals surface area contributed by atoms with E-state index < -0.39 is 0 Å². The smallest absolute Gasteiger partial charge is 0.158 e. The molecular formula is C18H19FN4. The van der Waals surface area contributed by atoms with Gasteiger partial charge < -0.3 is 5.73 Å². The van der Waals surface area contributed by atoms with Crippen LogP contribution in [0.25, 0.3) is 22.3 Å². The molecule has 5 heteroatoms. The minimum atomic E-state index is -0.251. The number of pyridine rings is 1. The van der Waals surface area contributed by atoms with Crippen molar-refractivity contribution in [3.8, 4) is 11.3 Å². The average molecular weight is 310 g/mol. The normalized spacial score (nSPS) is 16.5. The molecule has 0 amide bonds. The third-order valence-corrected chi connectivity index (χ3v) is 4.76. The maximum atomic E-state index is 13.7. The molecular weight excluding hydrogens is 291 g/mol. The highest BCUT2D eigenvalue weighted by atomic mass is 19.1. The number of halogens is 1. The Kier molecular flexibility index (Phi) is 2.95. The Morgan fingerprint density at radius 3 is 2.87 bits per heavy atom. The molecule has 0 spiro atoms. The number of anilines is 1. The molecule has 118 valence electrons. The van der Waals surface area contributed by atoms with Crippen LogP contribution in [0.15, 0.2) is 24.3 Å². The molecule has 0 radical (unpaired) electrons. The van der Waals surface area contributed by atoms with E-state index in [4.69, 9.17) is 10.7 Å². The van der Waals surface area contributed by atoms with Gasteiger partial charge in [0, 0.05) is 5.56 Å². The number of benzene rings is 1. The lowest BCUT2D eigenvalue weighted by molar-refractivity contribution is 0.317. The van der Waals surface area contributed by atoms with Crippen molar-refractivity contribution in [1.29, 1.82) is 0 Å². The van der Waals surface area contributed by atoms with E-state index in [0.29, 0.717) is 11.5 Å². The second-order valence-corrected chi connectivity index (χ2v) is 7.10. The summed E-state index contributed by atoms with van der Waals surface area (Å²) in [7, 11) is 0. The van der Waals surface area contributed by atoms with E-state index in [-0.39, 0.29) is 11.2 Å². The van der Waals surface area contributed by atoms with Gasteiger partial charge in [-0.15, -0.1) is 0 Å². The third-order valence-electron chi connectivity index (χ3n) is 4.76. The summed E-state index contributed by atoms with van der Waals surface area (Å²) in [4.78, 5) is 4.70. The van der Waals surface area contributed by atoms with E-state index in [1.165, 1.54) is 23.3 Å². The summed E-state index contributed by atoms with van der Waals surface area (Å²) in [6.07, 6.45) is 2.92. The fourth-order valence-electron chi connectivity index (χ4n) is 3.57. The summed E-state index contributed by atoms with van der Waals surface area (Å²) >= 11 is 0. The van der Waals surface area contributed by atoms with Crippen LogP contribution in [0.2, 0.25) is 0 Å². The summed E-state index contributed by atoms with van der Waals surface area (Å²) in [5, 5.41) is 7.95. The van der Waals surface area contributed by atoms with Gasteiger partial charge in [0.25, 0.3) is 0 Å². The number of nitrogens with zero attached hydrogens (tertiary/aromatic N) is 2. The van der Waals surface area contributed by atoms with Crippen LogP contribution >= 0.6 is 0 Å². The van der Waals surface area contributed by atoms with E-state index >= 15 is 0 Å². The van der Waals surface area contributed by atoms with Gasteiger partial charge in [-0.1, -0.05) is 26.0 Å². The van der Waals surface area contributed by atoms with E-state index in [1.54, 1.807) is 6.07 Å². The van der Waals surface area contributed by atoms with Crippen molar-refractivity contribution in [1.82, 2.24) is 15.2 Å². The van der Waals surface area contributed by atoms with Crippen LogP contribution in [-0.2, 0) is 12.8 Å². The van der Waals surface area contributed by atoms with E-state index in [0.717, 1.165) is 35.9 Å². The monoisotopic (exact) mass is 310 g/mol. The number of nitrogens with one attached hydrogen (secondary N) is 1. The second-order valence-electron chi connectivity index (χ2n) is 7.10. The van der Waals surface area contributed by atoms with Crippen molar-refractivity contribution in [3.63, 3.8) is 0 Å². The quantitative estimate of drug-likeness (QED) is 0.717. The SMILES string of the molecule is CC1(C)CCc2c(-c3cccc(F)c3)nc3[nH]nc(N)c3c2C1. The molecule has 4 nitrogen and oxygen atoms in total. The molecule has 23 heavy (non-hydrogen) atoms. The summed E-state index contributed by atoms with van der Waals surface area (Å²) in [6.45, 7) is 4.53. The Morgan fingerprint density at radius 2 is 2.09 bits per heavy atom. The van der Waals surface area contributed by atoms with Gasteiger partial charge in [-0.05, 0) is 47.9 Å². The lowest BCUT2D eigenvalue weighted by atomic mass is 9.73. The number of aromatic amines is 1. The summed E-state index contributed by atoms with van der Waals surface area (Å²) in [6, 6.07) is 6.60. The van der Waals surface area contributed by atoms with Gasteiger partial charge >= 0.3 is 0 Å². The van der Waals surface area contributed by atoms with Crippen LogP contribution in [0, 0.1) is 11.2 Å². The molecule has 3 aromatic rings. The fourth-order valence-corrected chi connectivity index (χ4v) is 3.57. The van der Waals surface area contributed by atoms with Crippen LogP contribution in [0.1, 0.15) is 31.4 Å². The second kappa shape index (κ2) is 4.78. The van der Waals surface area contributed by atoms with Crippen LogP contribution < -0.4 is 5.73 Å². The maximum absolute atomic E-state index is 13.7. The van der Waals surface area contributed by atoms with E-state index in [9.17, 15) is 4.39 Å². The molecule has 4 rings (SSSR count). The first kappa shape index (κ1) is 14.2. The highest BCUT2D eigenvalue weighted by molar-refractivity contribution is 5.93. The zero-order chi connectivity index (χ0) is 16.2. The maximum Gasteiger partial charge on any atom is 0.158 e. The molecule has 3 N–H and O–H groups in total. The molecule has 0 saturated carbocycles. The molecule has 1 aliphatic rings. The van der Waals surface area contributed by atoms with Crippen molar-refractivity contribution in [2.75, 3.05) is 5.73 Å². The topological polar surface area (TPSA) is 67.6 Å². The number of fused-ring (bicyclic) bond motifs is 3. The van der Waals surface area contributed by atoms with Crippen molar-refractivity contribution in [2.45, 2.75) is 33.1 Å². The van der Waals surface area contributed by atoms with Gasteiger partial charge in [-0.25, -0.2) is 9.37 Å². The highest BCUT2D eigenvalue weighted by Crippen LogP contribution is 2.42. The van der Waals surface area contributed by atoms with Gasteiger partial charge in [-0.3, -0.25) is 5.10 Å². The lowest BCUT2D eigenvalue weighted by Gasteiger charge is -2.32. The van der Waals surface area contributed by atoms with Crippen LogP contribution in [0.4, 0.5) is 10.2 Å². The Labute approximate surface area is 133 Å². The number of rotatable bonds is 1. The Bertz CT molecular complexity index is 911. The summed E-state index contributed by atoms with van der Waals surface area (Å²) in [5.41, 5.74) is 11.0. The number of hydrogen-bond acceptors (Lipinski definition) is 3. The van der Waals surface area contributed by atoms with Crippen molar-refractivity contribution in [3.05, 3.63) is 41.2 Å². The van der Waals surface area contributed by atoms with Crippen LogP contribution in [0.3, 0.4) is 0 Å². The summed E-state index contributed by atoms with van der Waals surface area (Å²) in [5.74, 6) is 0.241. The number of H-pyrrole nitrogens is 1.